The topological polar surface area (TPSA) is 167 Å². The van der Waals surface area contributed by atoms with Gasteiger partial charge in [-0.15, -0.1) is 0 Å². The third-order valence-corrected chi connectivity index (χ3v) is 13.5. The monoisotopic (exact) mass is 679 g/mol. The standard InChI is InChI=1S/C18H25NO6S.C14H16O5S/c1-12-10-15-14(11-13(12)16(20)25-5)19(8-6-7-9-24-4)17(21)18(2,3)26(15,22)23;1-8-5-11-9(6-10(8)13(16)19-4)7-12(15)14(2,3)20(11,17)18/h10-11H,6-9H2,1-5H3;5-6H,7H2,1-4H3. The van der Waals surface area contributed by atoms with Crippen LogP contribution < -0.4 is 4.90 Å². The first-order chi connectivity index (χ1) is 21.2. The van der Waals surface area contributed by atoms with E-state index >= 15 is 0 Å². The first-order valence-corrected chi connectivity index (χ1v) is 17.5. The van der Waals surface area contributed by atoms with Crippen LogP contribution in [-0.2, 0) is 49.9 Å². The van der Waals surface area contributed by atoms with Crippen molar-refractivity contribution in [2.24, 2.45) is 0 Å². The molecule has 0 bridgehead atoms. The zero-order chi connectivity index (χ0) is 35.0. The van der Waals surface area contributed by atoms with E-state index in [9.17, 15) is 36.0 Å². The van der Waals surface area contributed by atoms with E-state index in [2.05, 4.69) is 4.74 Å². The van der Waals surface area contributed by atoms with E-state index in [1.165, 1.54) is 71.1 Å². The number of hydrogen-bond acceptors (Lipinski definition) is 11. The summed E-state index contributed by atoms with van der Waals surface area (Å²) < 4.78 is 62.4. The number of carbonyl (C=O) groups excluding carboxylic acids is 4. The maximum atomic E-state index is 13.0. The van der Waals surface area contributed by atoms with Gasteiger partial charge in [0.2, 0.25) is 5.91 Å². The number of hydrogen-bond donors (Lipinski definition) is 0. The summed E-state index contributed by atoms with van der Waals surface area (Å²) in [6.07, 6.45) is 1.39. The van der Waals surface area contributed by atoms with Gasteiger partial charge < -0.3 is 19.1 Å². The van der Waals surface area contributed by atoms with Crippen molar-refractivity contribution in [3.05, 3.63) is 52.1 Å². The molecule has 2 aliphatic rings. The smallest absolute Gasteiger partial charge is 0.338 e. The molecule has 0 unspecified atom stereocenters. The number of ether oxygens (including phenoxy) is 3. The number of aryl methyl sites for hydroxylation is 2. The Labute approximate surface area is 270 Å². The lowest BCUT2D eigenvalue weighted by Gasteiger charge is -2.38. The number of sulfone groups is 2. The molecule has 12 nitrogen and oxygen atoms in total. The second-order valence-electron chi connectivity index (χ2n) is 12.2. The minimum absolute atomic E-state index is 0.00579. The maximum Gasteiger partial charge on any atom is 0.338 e. The maximum absolute atomic E-state index is 13.0. The van der Waals surface area contributed by atoms with Crippen molar-refractivity contribution in [3.63, 3.8) is 0 Å². The number of esters is 2. The predicted octanol–water partition coefficient (Wildman–Crippen LogP) is 3.57. The molecule has 2 aromatic rings. The summed E-state index contributed by atoms with van der Waals surface area (Å²) in [7, 11) is -3.51. The molecule has 0 fully saturated rings. The third kappa shape index (κ3) is 6.21. The van der Waals surface area contributed by atoms with Gasteiger partial charge >= 0.3 is 11.9 Å². The van der Waals surface area contributed by atoms with Crippen molar-refractivity contribution in [1.82, 2.24) is 0 Å². The first-order valence-electron chi connectivity index (χ1n) is 14.5. The van der Waals surface area contributed by atoms with Gasteiger partial charge in [-0.05, 0) is 95.3 Å². The Morgan fingerprint density at radius 3 is 1.78 bits per heavy atom. The normalized spacial score (nSPS) is 18.4. The Morgan fingerprint density at radius 2 is 1.26 bits per heavy atom. The molecule has 0 atom stereocenters. The van der Waals surface area contributed by atoms with E-state index in [1.807, 2.05) is 0 Å². The predicted molar refractivity (Wildman–Crippen MR) is 170 cm³/mol. The lowest BCUT2D eigenvalue weighted by molar-refractivity contribution is -0.121. The molecule has 0 spiro atoms. The molecule has 2 heterocycles. The number of unbranched alkanes of at least 4 members (excludes halogenated alkanes) is 1. The van der Waals surface area contributed by atoms with Gasteiger partial charge in [0, 0.05) is 26.7 Å². The Hall–Kier alpha value is -3.62. The van der Waals surface area contributed by atoms with Crippen LogP contribution >= 0.6 is 0 Å². The number of carbonyl (C=O) groups is 4. The SMILES string of the molecule is COC(=O)c1cc2c(cc1C)S(=O)(=O)C(C)(C)C(=O)C2.COCCCCN1C(=O)C(C)(C)S(=O)(=O)c2cc(C)c(C(=O)OC)cc21. The second kappa shape index (κ2) is 13.2. The molecular weight excluding hydrogens is 638 g/mol. The summed E-state index contributed by atoms with van der Waals surface area (Å²) >= 11 is 0. The Balaban J connectivity index is 0.000000259. The molecule has 4 rings (SSSR count). The van der Waals surface area contributed by atoms with E-state index in [4.69, 9.17) is 9.47 Å². The Bertz CT molecular complexity index is 1810. The molecule has 0 saturated carbocycles. The lowest BCUT2D eigenvalue weighted by atomic mass is 9.96. The fourth-order valence-electron chi connectivity index (χ4n) is 5.24. The van der Waals surface area contributed by atoms with Gasteiger partial charge in [-0.2, -0.15) is 0 Å². The lowest BCUT2D eigenvalue weighted by Crippen LogP contribution is -2.54. The quantitative estimate of drug-likeness (QED) is 0.310. The summed E-state index contributed by atoms with van der Waals surface area (Å²) in [4.78, 5) is 50.3. The van der Waals surface area contributed by atoms with E-state index in [-0.39, 0.29) is 38.8 Å². The van der Waals surface area contributed by atoms with Gasteiger partial charge in [0.05, 0.1) is 40.8 Å². The van der Waals surface area contributed by atoms with Crippen LogP contribution in [0.1, 0.15) is 77.9 Å². The summed E-state index contributed by atoms with van der Waals surface area (Å²) in [5, 5.41) is 0. The summed E-state index contributed by atoms with van der Waals surface area (Å²) in [5.74, 6) is -1.98. The minimum Gasteiger partial charge on any atom is -0.465 e. The van der Waals surface area contributed by atoms with Gasteiger partial charge in [-0.1, -0.05) is 0 Å². The van der Waals surface area contributed by atoms with Crippen molar-refractivity contribution in [2.75, 3.05) is 39.4 Å². The number of rotatable bonds is 7. The minimum atomic E-state index is -3.88. The number of ketones is 1. The van der Waals surface area contributed by atoms with E-state index in [1.54, 1.807) is 21.0 Å². The van der Waals surface area contributed by atoms with Crippen LogP contribution in [0.5, 0.6) is 0 Å². The molecule has 0 N–H and O–H groups in total. The van der Waals surface area contributed by atoms with Crippen molar-refractivity contribution >= 4 is 49.0 Å². The summed E-state index contributed by atoms with van der Waals surface area (Å²) in [6, 6.07) is 5.79. The number of nitrogens with zero attached hydrogens (tertiary/aromatic N) is 1. The second-order valence-corrected chi connectivity index (χ2v) is 17.1. The van der Waals surface area contributed by atoms with E-state index in [0.717, 1.165) is 6.42 Å². The highest BCUT2D eigenvalue weighted by Crippen LogP contribution is 2.42. The average molecular weight is 680 g/mol. The zero-order valence-corrected chi connectivity index (χ0v) is 29.2. The third-order valence-electron chi connectivity index (χ3n) is 8.50. The van der Waals surface area contributed by atoms with Gasteiger partial charge in [-0.25, -0.2) is 26.4 Å². The summed E-state index contributed by atoms with van der Waals surface area (Å²) in [5.41, 5.74) is 2.14. The molecular formula is C32H41NO11S2. The number of Topliss-reactive ketones (excluding diaryl/α,β-unsaturated/α-hetero) is 1. The number of fused-ring (bicyclic) bond motifs is 2. The molecule has 0 aliphatic carbocycles. The molecule has 2 aliphatic heterocycles. The number of anilines is 1. The number of amides is 1. The van der Waals surface area contributed by atoms with E-state index < -0.39 is 47.0 Å². The van der Waals surface area contributed by atoms with Gasteiger partial charge in [0.25, 0.3) is 0 Å². The van der Waals surface area contributed by atoms with Gasteiger partial charge in [0.15, 0.2) is 25.5 Å². The van der Waals surface area contributed by atoms with Crippen molar-refractivity contribution in [3.8, 4) is 0 Å². The number of methoxy groups -OCH3 is 3. The van der Waals surface area contributed by atoms with Crippen LogP contribution in [0, 0.1) is 13.8 Å². The number of benzene rings is 2. The van der Waals surface area contributed by atoms with Crippen LogP contribution in [0.2, 0.25) is 0 Å². The zero-order valence-electron chi connectivity index (χ0n) is 27.6. The molecule has 46 heavy (non-hydrogen) atoms. The van der Waals surface area contributed by atoms with Gasteiger partial charge in [0.1, 0.15) is 9.49 Å². The summed E-state index contributed by atoms with van der Waals surface area (Å²) in [6.45, 7) is 9.85. The fourth-order valence-corrected chi connectivity index (χ4v) is 8.64. The molecule has 252 valence electrons. The van der Waals surface area contributed by atoms with Gasteiger partial charge in [-0.3, -0.25) is 9.59 Å². The van der Waals surface area contributed by atoms with Crippen LogP contribution in [-0.4, -0.2) is 84.4 Å². The molecule has 0 saturated heterocycles. The molecule has 14 heteroatoms. The molecule has 0 aromatic heterocycles. The molecule has 1 amide bonds. The van der Waals surface area contributed by atoms with Crippen LogP contribution in [0.3, 0.4) is 0 Å². The average Bonchev–Trinajstić information content (AvgIpc) is 2.99. The highest BCUT2D eigenvalue weighted by molar-refractivity contribution is 7.94. The fraction of sp³-hybridized carbons (Fsp3) is 0.500. The largest absolute Gasteiger partial charge is 0.465 e. The van der Waals surface area contributed by atoms with Crippen molar-refractivity contribution < 1.29 is 50.2 Å². The Kier molecular flexibility index (Phi) is 10.6. The van der Waals surface area contributed by atoms with Crippen molar-refractivity contribution in [1.29, 1.82) is 0 Å². The van der Waals surface area contributed by atoms with Crippen LogP contribution in [0.4, 0.5) is 5.69 Å². The highest BCUT2D eigenvalue weighted by atomic mass is 32.2. The van der Waals surface area contributed by atoms with Crippen molar-refractivity contribution in [2.45, 2.75) is 80.1 Å². The van der Waals surface area contributed by atoms with E-state index in [0.29, 0.717) is 36.3 Å². The first kappa shape index (κ1) is 36.8. The highest BCUT2D eigenvalue weighted by Gasteiger charge is 2.51. The molecule has 2 aromatic carbocycles. The Morgan fingerprint density at radius 1 is 0.761 bits per heavy atom. The van der Waals surface area contributed by atoms with Crippen LogP contribution in [0.25, 0.3) is 0 Å². The van der Waals surface area contributed by atoms with Crippen LogP contribution in [0.15, 0.2) is 34.1 Å². The molecule has 0 radical (unpaired) electrons.